The standard InChI is InChI=1S/C12H17N3O3S/c16-10-8-14(9-10)12-4-3-11(7-13-12)19(17,18)15-5-1-2-6-15/h3-4,7,10,16H,1-2,5-6,8-9H2. The molecule has 104 valence electrons. The number of aromatic nitrogens is 1. The quantitative estimate of drug-likeness (QED) is 0.848. The van der Waals surface area contributed by atoms with Crippen LogP contribution in [0.5, 0.6) is 0 Å². The smallest absolute Gasteiger partial charge is 0.244 e. The highest BCUT2D eigenvalue weighted by Gasteiger charge is 2.29. The van der Waals surface area contributed by atoms with E-state index in [1.807, 2.05) is 4.90 Å². The first-order valence-electron chi connectivity index (χ1n) is 6.46. The minimum atomic E-state index is -3.38. The number of nitrogens with zero attached hydrogens (tertiary/aromatic N) is 3. The van der Waals surface area contributed by atoms with Gasteiger partial charge in [0.05, 0.1) is 6.10 Å². The molecule has 6 nitrogen and oxygen atoms in total. The van der Waals surface area contributed by atoms with Crippen molar-refractivity contribution in [2.45, 2.75) is 23.8 Å². The summed E-state index contributed by atoms with van der Waals surface area (Å²) in [5.41, 5.74) is 0. The fraction of sp³-hybridized carbons (Fsp3) is 0.583. The lowest BCUT2D eigenvalue weighted by atomic mass is 10.2. The summed E-state index contributed by atoms with van der Waals surface area (Å²) in [6.07, 6.45) is 2.97. The zero-order chi connectivity index (χ0) is 13.5. The summed E-state index contributed by atoms with van der Waals surface area (Å²) in [5, 5.41) is 9.24. The van der Waals surface area contributed by atoms with Crippen molar-refractivity contribution >= 4 is 15.8 Å². The molecule has 0 saturated carbocycles. The van der Waals surface area contributed by atoms with Gasteiger partial charge in [-0.25, -0.2) is 13.4 Å². The molecule has 0 spiro atoms. The Bertz CT molecular complexity index is 546. The summed E-state index contributed by atoms with van der Waals surface area (Å²) in [6.45, 7) is 2.32. The van der Waals surface area contributed by atoms with Crippen molar-refractivity contribution in [3.63, 3.8) is 0 Å². The van der Waals surface area contributed by atoms with E-state index >= 15 is 0 Å². The average molecular weight is 283 g/mol. The Hall–Kier alpha value is -1.18. The molecule has 0 bridgehead atoms. The Morgan fingerprint density at radius 2 is 1.89 bits per heavy atom. The normalized spacial score (nSPS) is 21.6. The van der Waals surface area contributed by atoms with Crippen molar-refractivity contribution in [1.29, 1.82) is 0 Å². The number of hydrogen-bond donors (Lipinski definition) is 1. The van der Waals surface area contributed by atoms with Gasteiger partial charge in [-0.05, 0) is 25.0 Å². The van der Waals surface area contributed by atoms with Crippen LogP contribution in [0, 0.1) is 0 Å². The van der Waals surface area contributed by atoms with Crippen molar-refractivity contribution in [3.8, 4) is 0 Å². The van der Waals surface area contributed by atoms with Crippen LogP contribution in [0.25, 0.3) is 0 Å². The van der Waals surface area contributed by atoms with Crippen LogP contribution >= 0.6 is 0 Å². The maximum atomic E-state index is 12.3. The molecule has 0 radical (unpaired) electrons. The zero-order valence-corrected chi connectivity index (χ0v) is 11.4. The summed E-state index contributed by atoms with van der Waals surface area (Å²) in [6, 6.07) is 3.30. The highest BCUT2D eigenvalue weighted by molar-refractivity contribution is 7.89. The fourth-order valence-corrected chi connectivity index (χ4v) is 3.90. The number of sulfonamides is 1. The molecular formula is C12H17N3O3S. The van der Waals surface area contributed by atoms with Gasteiger partial charge in [0.25, 0.3) is 0 Å². The molecule has 3 heterocycles. The topological polar surface area (TPSA) is 73.7 Å². The van der Waals surface area contributed by atoms with Crippen LogP contribution in [0.3, 0.4) is 0 Å². The third-order valence-corrected chi connectivity index (χ3v) is 5.49. The molecule has 19 heavy (non-hydrogen) atoms. The van der Waals surface area contributed by atoms with E-state index in [9.17, 15) is 13.5 Å². The maximum absolute atomic E-state index is 12.3. The van der Waals surface area contributed by atoms with Crippen molar-refractivity contribution < 1.29 is 13.5 Å². The van der Waals surface area contributed by atoms with Gasteiger partial charge < -0.3 is 10.0 Å². The second-order valence-corrected chi connectivity index (χ2v) is 6.96. The Morgan fingerprint density at radius 1 is 1.21 bits per heavy atom. The van der Waals surface area contributed by atoms with E-state index in [0.29, 0.717) is 32.0 Å². The fourth-order valence-electron chi connectivity index (χ4n) is 2.43. The van der Waals surface area contributed by atoms with Gasteiger partial charge in [-0.1, -0.05) is 0 Å². The number of β-amino-alcohol motifs (C(OH)–C–C–N with tert-alkyl or cyclic N) is 1. The number of rotatable bonds is 3. The van der Waals surface area contributed by atoms with Gasteiger partial charge in [-0.2, -0.15) is 4.31 Å². The van der Waals surface area contributed by atoms with Crippen LogP contribution in [-0.2, 0) is 10.0 Å². The van der Waals surface area contributed by atoms with Gasteiger partial charge in [0.2, 0.25) is 10.0 Å². The first-order valence-corrected chi connectivity index (χ1v) is 7.90. The summed E-state index contributed by atoms with van der Waals surface area (Å²) < 4.78 is 26.1. The number of aliphatic hydroxyl groups excluding tert-OH is 1. The predicted octanol–water partition coefficient (Wildman–Crippen LogP) is 0.0470. The second kappa shape index (κ2) is 4.73. The first-order chi connectivity index (χ1) is 9.07. The molecule has 3 rings (SSSR count). The summed E-state index contributed by atoms with van der Waals surface area (Å²) >= 11 is 0. The molecule has 1 N–H and O–H groups in total. The molecule has 1 aromatic rings. The van der Waals surface area contributed by atoms with Crippen LogP contribution in [0.2, 0.25) is 0 Å². The van der Waals surface area contributed by atoms with Crippen LogP contribution < -0.4 is 4.90 Å². The predicted molar refractivity (Wildman–Crippen MR) is 70.4 cm³/mol. The van der Waals surface area contributed by atoms with E-state index in [1.165, 1.54) is 10.5 Å². The SMILES string of the molecule is O=S(=O)(c1ccc(N2CC(O)C2)nc1)N1CCCC1. The van der Waals surface area contributed by atoms with E-state index in [2.05, 4.69) is 4.98 Å². The average Bonchev–Trinajstić information content (AvgIpc) is 2.90. The Morgan fingerprint density at radius 3 is 2.42 bits per heavy atom. The minimum Gasteiger partial charge on any atom is -0.389 e. The number of hydrogen-bond acceptors (Lipinski definition) is 5. The lowest BCUT2D eigenvalue weighted by Gasteiger charge is -2.36. The zero-order valence-electron chi connectivity index (χ0n) is 10.6. The van der Waals surface area contributed by atoms with Crippen LogP contribution in [0.15, 0.2) is 23.2 Å². The molecule has 2 fully saturated rings. The highest BCUT2D eigenvalue weighted by Crippen LogP contribution is 2.23. The Labute approximate surface area is 112 Å². The number of aliphatic hydroxyl groups is 1. The van der Waals surface area contributed by atoms with Crippen molar-refractivity contribution in [2.75, 3.05) is 31.1 Å². The highest BCUT2D eigenvalue weighted by atomic mass is 32.2. The molecule has 2 aliphatic rings. The van der Waals surface area contributed by atoms with Gasteiger partial charge in [0, 0.05) is 32.4 Å². The van der Waals surface area contributed by atoms with E-state index in [0.717, 1.165) is 12.8 Å². The molecule has 0 unspecified atom stereocenters. The largest absolute Gasteiger partial charge is 0.389 e. The molecule has 0 aromatic carbocycles. The minimum absolute atomic E-state index is 0.249. The van der Waals surface area contributed by atoms with E-state index in [4.69, 9.17) is 0 Å². The third kappa shape index (κ3) is 2.33. The van der Waals surface area contributed by atoms with Gasteiger partial charge in [-0.3, -0.25) is 0 Å². The van der Waals surface area contributed by atoms with E-state index < -0.39 is 10.0 Å². The summed E-state index contributed by atoms with van der Waals surface area (Å²) in [7, 11) is -3.38. The van der Waals surface area contributed by atoms with Crippen LogP contribution in [0.1, 0.15) is 12.8 Å². The number of pyridine rings is 1. The summed E-state index contributed by atoms with van der Waals surface area (Å²) in [4.78, 5) is 6.34. The third-order valence-electron chi connectivity index (χ3n) is 3.61. The monoisotopic (exact) mass is 283 g/mol. The molecule has 0 atom stereocenters. The molecule has 2 aliphatic heterocycles. The van der Waals surface area contributed by atoms with Gasteiger partial charge in [0.1, 0.15) is 10.7 Å². The number of anilines is 1. The van der Waals surface area contributed by atoms with E-state index in [-0.39, 0.29) is 11.0 Å². The van der Waals surface area contributed by atoms with Crippen LogP contribution in [-0.4, -0.2) is 55.1 Å². The van der Waals surface area contributed by atoms with Gasteiger partial charge >= 0.3 is 0 Å². The molecule has 2 saturated heterocycles. The Balaban J connectivity index is 1.78. The molecule has 7 heteroatoms. The van der Waals surface area contributed by atoms with Gasteiger partial charge in [-0.15, -0.1) is 0 Å². The molecule has 1 aromatic heterocycles. The molecule has 0 aliphatic carbocycles. The maximum Gasteiger partial charge on any atom is 0.244 e. The van der Waals surface area contributed by atoms with Gasteiger partial charge in [0.15, 0.2) is 0 Å². The lowest BCUT2D eigenvalue weighted by Crippen LogP contribution is -2.51. The van der Waals surface area contributed by atoms with Crippen molar-refractivity contribution in [3.05, 3.63) is 18.3 Å². The van der Waals surface area contributed by atoms with Crippen molar-refractivity contribution in [2.24, 2.45) is 0 Å². The molecular weight excluding hydrogens is 266 g/mol. The second-order valence-electron chi connectivity index (χ2n) is 5.02. The lowest BCUT2D eigenvalue weighted by molar-refractivity contribution is 0.141. The molecule has 0 amide bonds. The van der Waals surface area contributed by atoms with E-state index in [1.54, 1.807) is 12.1 Å². The van der Waals surface area contributed by atoms with Crippen molar-refractivity contribution in [1.82, 2.24) is 9.29 Å². The van der Waals surface area contributed by atoms with Crippen LogP contribution in [0.4, 0.5) is 5.82 Å². The first kappa shape index (κ1) is 12.8. The Kier molecular flexibility index (Phi) is 3.20. The summed E-state index contributed by atoms with van der Waals surface area (Å²) in [5.74, 6) is 0.714.